The van der Waals surface area contributed by atoms with Crippen LogP contribution in [0.5, 0.6) is 0 Å². The van der Waals surface area contributed by atoms with Crippen LogP contribution in [0.4, 0.5) is 0 Å². The third-order valence-corrected chi connectivity index (χ3v) is 5.92. The third kappa shape index (κ3) is 3.71. The third-order valence-electron chi connectivity index (χ3n) is 4.28. The van der Waals surface area contributed by atoms with Crippen LogP contribution in [0, 0.1) is 0 Å². The summed E-state index contributed by atoms with van der Waals surface area (Å²) in [5.41, 5.74) is 0. The van der Waals surface area contributed by atoms with E-state index in [4.69, 9.17) is 9.47 Å². The number of morpholine rings is 1. The topological polar surface area (TPSA) is 72.9 Å². The Kier molecular flexibility index (Phi) is 5.04. The molecule has 1 aliphatic carbocycles. The highest BCUT2D eigenvalue weighted by molar-refractivity contribution is 7.91. The average molecular weight is 305 g/mol. The maximum Gasteiger partial charge on any atom is 0.336 e. The number of carbonyl (C=O) groups excluding carboxylic acids is 1. The number of methoxy groups -OCH3 is 1. The molecule has 0 spiro atoms. The first-order valence-electron chi connectivity index (χ1n) is 7.04. The van der Waals surface area contributed by atoms with E-state index in [0.29, 0.717) is 19.6 Å². The lowest BCUT2D eigenvalue weighted by Gasteiger charge is -2.40. The lowest BCUT2D eigenvalue weighted by molar-refractivity contribution is -0.161. The summed E-state index contributed by atoms with van der Waals surface area (Å²) in [6.07, 6.45) is 4.08. The zero-order valence-corrected chi connectivity index (χ0v) is 12.9. The maximum atomic E-state index is 11.7. The van der Waals surface area contributed by atoms with Crippen LogP contribution in [0.3, 0.4) is 0 Å². The molecule has 7 heteroatoms. The number of hydrogen-bond acceptors (Lipinski definition) is 6. The lowest BCUT2D eigenvalue weighted by Crippen LogP contribution is -2.52. The minimum atomic E-state index is -2.98. The quantitative estimate of drug-likeness (QED) is 0.694. The van der Waals surface area contributed by atoms with Crippen molar-refractivity contribution in [2.24, 2.45) is 0 Å². The van der Waals surface area contributed by atoms with E-state index >= 15 is 0 Å². The molecule has 0 radical (unpaired) electrons. The molecule has 0 aromatic heterocycles. The second-order valence-corrected chi connectivity index (χ2v) is 7.98. The smallest absolute Gasteiger partial charge is 0.336 e. The van der Waals surface area contributed by atoms with Crippen LogP contribution in [-0.2, 0) is 24.1 Å². The van der Waals surface area contributed by atoms with Crippen molar-refractivity contribution in [2.75, 3.05) is 33.1 Å². The Balaban J connectivity index is 1.98. The van der Waals surface area contributed by atoms with Crippen molar-refractivity contribution < 1.29 is 22.7 Å². The summed E-state index contributed by atoms with van der Waals surface area (Å²) in [7, 11) is -1.63. The van der Waals surface area contributed by atoms with Crippen molar-refractivity contribution in [2.45, 2.75) is 43.1 Å². The van der Waals surface area contributed by atoms with Crippen molar-refractivity contribution in [3.8, 4) is 0 Å². The molecular weight excluding hydrogens is 282 g/mol. The van der Waals surface area contributed by atoms with Gasteiger partial charge in [-0.2, -0.15) is 0 Å². The van der Waals surface area contributed by atoms with Gasteiger partial charge in [0.25, 0.3) is 0 Å². The minimum Gasteiger partial charge on any atom is -0.467 e. The number of hydrogen-bond donors (Lipinski definition) is 0. The first-order valence-corrected chi connectivity index (χ1v) is 8.99. The highest BCUT2D eigenvalue weighted by Gasteiger charge is 2.36. The zero-order chi connectivity index (χ0) is 14.8. The second-order valence-electron chi connectivity index (χ2n) is 5.65. The largest absolute Gasteiger partial charge is 0.467 e. The van der Waals surface area contributed by atoms with E-state index in [1.54, 1.807) is 0 Å². The fourth-order valence-electron chi connectivity index (χ4n) is 3.12. The van der Waals surface area contributed by atoms with Gasteiger partial charge in [-0.1, -0.05) is 6.42 Å². The summed E-state index contributed by atoms with van der Waals surface area (Å²) in [6.45, 7) is 1.72. The van der Waals surface area contributed by atoms with Gasteiger partial charge in [0, 0.05) is 25.4 Å². The molecule has 0 N–H and O–H groups in total. The number of sulfone groups is 1. The van der Waals surface area contributed by atoms with Gasteiger partial charge in [0.15, 0.2) is 6.10 Å². The monoisotopic (exact) mass is 305 g/mol. The summed E-state index contributed by atoms with van der Waals surface area (Å²) in [4.78, 5) is 13.7. The van der Waals surface area contributed by atoms with E-state index in [1.165, 1.54) is 13.4 Å². The summed E-state index contributed by atoms with van der Waals surface area (Å²) in [5, 5.41) is -0.249. The van der Waals surface area contributed by atoms with Crippen LogP contribution >= 0.6 is 0 Å². The summed E-state index contributed by atoms with van der Waals surface area (Å²) >= 11 is 0. The molecule has 0 bridgehead atoms. The Morgan fingerprint density at radius 1 is 1.35 bits per heavy atom. The molecule has 0 aromatic carbocycles. The van der Waals surface area contributed by atoms with Crippen molar-refractivity contribution in [3.05, 3.63) is 0 Å². The molecular formula is C13H23NO5S. The van der Waals surface area contributed by atoms with Gasteiger partial charge in [-0.25, -0.2) is 13.2 Å². The number of rotatable bonds is 3. The van der Waals surface area contributed by atoms with Crippen LogP contribution in [0.2, 0.25) is 0 Å². The first-order chi connectivity index (χ1) is 9.41. The maximum absolute atomic E-state index is 11.7. The summed E-state index contributed by atoms with van der Waals surface area (Å²) < 4.78 is 33.6. The highest BCUT2D eigenvalue weighted by atomic mass is 32.2. The van der Waals surface area contributed by atoms with E-state index in [2.05, 4.69) is 4.90 Å². The van der Waals surface area contributed by atoms with E-state index in [-0.39, 0.29) is 17.3 Å². The van der Waals surface area contributed by atoms with Crippen molar-refractivity contribution in [1.29, 1.82) is 0 Å². The number of carbonyl (C=O) groups is 1. The number of nitrogens with zero attached hydrogens (tertiary/aromatic N) is 1. The summed E-state index contributed by atoms with van der Waals surface area (Å²) in [6, 6.07) is 0.222. The van der Waals surface area contributed by atoms with E-state index in [0.717, 1.165) is 25.8 Å². The van der Waals surface area contributed by atoms with Gasteiger partial charge in [0.2, 0.25) is 0 Å². The fourth-order valence-corrected chi connectivity index (χ4v) is 4.28. The van der Waals surface area contributed by atoms with E-state index < -0.39 is 15.9 Å². The van der Waals surface area contributed by atoms with Gasteiger partial charge in [0.05, 0.1) is 19.0 Å². The molecule has 2 aliphatic rings. The van der Waals surface area contributed by atoms with Crippen LogP contribution < -0.4 is 0 Å². The molecule has 3 unspecified atom stereocenters. The Labute approximate surface area is 120 Å². The van der Waals surface area contributed by atoms with Gasteiger partial charge in [-0.05, 0) is 19.3 Å². The molecule has 1 saturated heterocycles. The predicted molar refractivity (Wildman–Crippen MR) is 74.2 cm³/mol. The highest BCUT2D eigenvalue weighted by Crippen LogP contribution is 2.28. The Hall–Kier alpha value is -0.660. The lowest BCUT2D eigenvalue weighted by atomic mass is 9.93. The molecule has 0 amide bonds. The Morgan fingerprint density at radius 3 is 2.75 bits per heavy atom. The molecule has 0 aromatic rings. The molecule has 6 nitrogen and oxygen atoms in total. The zero-order valence-electron chi connectivity index (χ0n) is 12.1. The van der Waals surface area contributed by atoms with E-state index in [9.17, 15) is 13.2 Å². The Bertz CT molecular complexity index is 450. The molecule has 1 saturated carbocycles. The van der Waals surface area contributed by atoms with Gasteiger partial charge in [0.1, 0.15) is 9.84 Å². The van der Waals surface area contributed by atoms with Crippen LogP contribution in [-0.4, -0.2) is 69.7 Å². The molecule has 20 heavy (non-hydrogen) atoms. The molecule has 2 fully saturated rings. The predicted octanol–water partition coefficient (Wildman–Crippen LogP) is 0.216. The van der Waals surface area contributed by atoms with Gasteiger partial charge in [-0.15, -0.1) is 0 Å². The van der Waals surface area contributed by atoms with Crippen molar-refractivity contribution in [1.82, 2.24) is 4.90 Å². The second kappa shape index (κ2) is 6.41. The minimum absolute atomic E-state index is 0.222. The van der Waals surface area contributed by atoms with Gasteiger partial charge < -0.3 is 9.47 Å². The van der Waals surface area contributed by atoms with Crippen LogP contribution in [0.25, 0.3) is 0 Å². The van der Waals surface area contributed by atoms with Crippen molar-refractivity contribution in [3.63, 3.8) is 0 Å². The molecule has 116 valence electrons. The summed E-state index contributed by atoms with van der Waals surface area (Å²) in [5.74, 6) is -0.356. The SMILES string of the molecule is COC(=O)C1CN(C2CCCC(S(C)(=O)=O)C2)CCO1. The average Bonchev–Trinajstić information content (AvgIpc) is 2.46. The van der Waals surface area contributed by atoms with E-state index in [1.807, 2.05) is 0 Å². The molecule has 1 aliphatic heterocycles. The fraction of sp³-hybridized carbons (Fsp3) is 0.923. The van der Waals surface area contributed by atoms with Crippen LogP contribution in [0.1, 0.15) is 25.7 Å². The number of ether oxygens (including phenoxy) is 2. The Morgan fingerprint density at radius 2 is 2.10 bits per heavy atom. The first kappa shape index (κ1) is 15.7. The van der Waals surface area contributed by atoms with Gasteiger partial charge >= 0.3 is 5.97 Å². The number of esters is 1. The molecule has 2 rings (SSSR count). The van der Waals surface area contributed by atoms with Crippen molar-refractivity contribution >= 4 is 15.8 Å². The van der Waals surface area contributed by atoms with Crippen LogP contribution in [0.15, 0.2) is 0 Å². The standard InChI is InChI=1S/C13H23NO5S/c1-18-13(15)12-9-14(6-7-19-12)10-4-3-5-11(8-10)20(2,16)17/h10-12H,3-9H2,1-2H3. The van der Waals surface area contributed by atoms with Gasteiger partial charge in [-0.3, -0.25) is 4.90 Å². The molecule has 3 atom stereocenters. The normalized spacial score (nSPS) is 32.8. The molecule has 1 heterocycles.